The van der Waals surface area contributed by atoms with Crippen molar-refractivity contribution >= 4 is 11.9 Å². The highest BCUT2D eigenvalue weighted by molar-refractivity contribution is 5.94. The number of hydrogen-bond acceptors (Lipinski definition) is 3. The second kappa shape index (κ2) is 10.1. The summed E-state index contributed by atoms with van der Waals surface area (Å²) in [6.45, 7) is 3.82. The van der Waals surface area contributed by atoms with Gasteiger partial charge in [0.15, 0.2) is 5.96 Å². The van der Waals surface area contributed by atoms with E-state index in [-0.39, 0.29) is 5.91 Å². The minimum Gasteiger partial charge on any atom is -0.497 e. The fraction of sp³-hybridized carbons (Fsp3) is 0.300. The summed E-state index contributed by atoms with van der Waals surface area (Å²) in [6, 6.07) is 15.4. The lowest BCUT2D eigenvalue weighted by Crippen LogP contribution is -2.36. The molecule has 0 spiro atoms. The molecule has 0 heterocycles. The van der Waals surface area contributed by atoms with Gasteiger partial charge in [0, 0.05) is 32.2 Å². The Bertz CT molecular complexity index is 724. The largest absolute Gasteiger partial charge is 0.497 e. The summed E-state index contributed by atoms with van der Waals surface area (Å²) >= 11 is 0. The molecular formula is C20H26N4O2. The Morgan fingerprint density at radius 1 is 0.923 bits per heavy atom. The van der Waals surface area contributed by atoms with E-state index >= 15 is 0 Å². The Labute approximate surface area is 154 Å². The summed E-state index contributed by atoms with van der Waals surface area (Å²) in [5.41, 5.74) is 2.88. The van der Waals surface area contributed by atoms with Crippen molar-refractivity contribution in [1.82, 2.24) is 16.0 Å². The first-order valence-electron chi connectivity index (χ1n) is 8.60. The van der Waals surface area contributed by atoms with Crippen LogP contribution in [0.3, 0.4) is 0 Å². The number of rotatable bonds is 7. The van der Waals surface area contributed by atoms with E-state index in [0.717, 1.165) is 16.9 Å². The Balaban J connectivity index is 1.83. The van der Waals surface area contributed by atoms with Crippen molar-refractivity contribution in [3.63, 3.8) is 0 Å². The van der Waals surface area contributed by atoms with Crippen LogP contribution in [0.25, 0.3) is 0 Å². The molecule has 1 amide bonds. The molecule has 0 aliphatic heterocycles. The lowest BCUT2D eigenvalue weighted by atomic mass is 10.1. The Morgan fingerprint density at radius 2 is 1.46 bits per heavy atom. The second-order valence-corrected chi connectivity index (χ2v) is 5.68. The summed E-state index contributed by atoms with van der Waals surface area (Å²) in [5, 5.41) is 9.33. The predicted molar refractivity (Wildman–Crippen MR) is 104 cm³/mol. The number of nitrogens with zero attached hydrogens (tertiary/aromatic N) is 1. The number of guanidine groups is 1. The lowest BCUT2D eigenvalue weighted by Gasteiger charge is -2.12. The highest BCUT2D eigenvalue weighted by atomic mass is 16.5. The zero-order chi connectivity index (χ0) is 18.8. The Morgan fingerprint density at radius 3 is 1.92 bits per heavy atom. The number of carbonyl (C=O) groups excluding carboxylic acids is 1. The van der Waals surface area contributed by atoms with Crippen molar-refractivity contribution in [2.75, 3.05) is 20.7 Å². The summed E-state index contributed by atoms with van der Waals surface area (Å²) in [5.74, 6) is 1.50. The number of amides is 1. The predicted octanol–water partition coefficient (Wildman–Crippen LogP) is 2.31. The van der Waals surface area contributed by atoms with Gasteiger partial charge in [-0.15, -0.1) is 0 Å². The monoisotopic (exact) mass is 354 g/mol. The van der Waals surface area contributed by atoms with Gasteiger partial charge in [0.25, 0.3) is 5.91 Å². The van der Waals surface area contributed by atoms with Crippen molar-refractivity contribution < 1.29 is 9.53 Å². The van der Waals surface area contributed by atoms with E-state index in [2.05, 4.69) is 20.9 Å². The van der Waals surface area contributed by atoms with Gasteiger partial charge in [-0.2, -0.15) is 0 Å². The molecule has 2 aromatic carbocycles. The molecule has 0 unspecified atom stereocenters. The van der Waals surface area contributed by atoms with Crippen LogP contribution in [0.5, 0.6) is 5.75 Å². The standard InChI is InChI=1S/C20H26N4O2/c1-4-22-19(25)17-9-5-15(6-10-17)13-23-20(21-2)24-14-16-7-11-18(26-3)12-8-16/h5-12H,4,13-14H2,1-3H3,(H,22,25)(H2,21,23,24). The maximum Gasteiger partial charge on any atom is 0.251 e. The molecule has 6 heteroatoms. The van der Waals surface area contributed by atoms with Crippen LogP contribution in [0.2, 0.25) is 0 Å². The van der Waals surface area contributed by atoms with Crippen LogP contribution < -0.4 is 20.7 Å². The lowest BCUT2D eigenvalue weighted by molar-refractivity contribution is 0.0956. The summed E-state index contributed by atoms with van der Waals surface area (Å²) in [4.78, 5) is 16.0. The third-order valence-electron chi connectivity index (χ3n) is 3.86. The molecule has 0 aliphatic rings. The second-order valence-electron chi connectivity index (χ2n) is 5.68. The summed E-state index contributed by atoms with van der Waals surface area (Å²) in [6.07, 6.45) is 0. The normalized spacial score (nSPS) is 11.0. The van der Waals surface area contributed by atoms with Gasteiger partial charge in [-0.3, -0.25) is 9.79 Å². The zero-order valence-corrected chi connectivity index (χ0v) is 15.5. The minimum absolute atomic E-state index is 0.0519. The number of nitrogens with one attached hydrogen (secondary N) is 3. The molecule has 3 N–H and O–H groups in total. The van der Waals surface area contributed by atoms with Crippen molar-refractivity contribution in [1.29, 1.82) is 0 Å². The van der Waals surface area contributed by atoms with Crippen LogP contribution in [-0.4, -0.2) is 32.6 Å². The molecule has 0 atom stereocenters. The van der Waals surface area contributed by atoms with Crippen molar-refractivity contribution in [2.45, 2.75) is 20.0 Å². The van der Waals surface area contributed by atoms with Crippen LogP contribution in [0, 0.1) is 0 Å². The van der Waals surface area contributed by atoms with Gasteiger partial charge in [-0.25, -0.2) is 0 Å². The average Bonchev–Trinajstić information content (AvgIpc) is 2.69. The first-order valence-corrected chi connectivity index (χ1v) is 8.60. The van der Waals surface area contributed by atoms with E-state index in [1.165, 1.54) is 0 Å². The molecule has 6 nitrogen and oxygen atoms in total. The Hall–Kier alpha value is -3.02. The number of aliphatic imine (C=N–C) groups is 1. The first kappa shape index (κ1) is 19.3. The van der Waals surface area contributed by atoms with Gasteiger partial charge < -0.3 is 20.7 Å². The SMILES string of the molecule is CCNC(=O)c1ccc(CNC(=NC)NCc2ccc(OC)cc2)cc1. The third-order valence-corrected chi connectivity index (χ3v) is 3.86. The molecule has 0 aromatic heterocycles. The summed E-state index contributed by atoms with van der Waals surface area (Å²) in [7, 11) is 3.39. The van der Waals surface area contributed by atoms with Crippen LogP contribution in [0.1, 0.15) is 28.4 Å². The zero-order valence-electron chi connectivity index (χ0n) is 15.5. The molecular weight excluding hydrogens is 328 g/mol. The van der Waals surface area contributed by atoms with Crippen LogP contribution in [0.4, 0.5) is 0 Å². The van der Waals surface area contributed by atoms with E-state index in [9.17, 15) is 4.79 Å². The Kier molecular flexibility index (Phi) is 7.49. The molecule has 0 saturated carbocycles. The van der Waals surface area contributed by atoms with E-state index in [1.807, 2.05) is 55.5 Å². The van der Waals surface area contributed by atoms with Crippen LogP contribution in [0.15, 0.2) is 53.5 Å². The highest BCUT2D eigenvalue weighted by Gasteiger charge is 2.04. The number of carbonyl (C=O) groups is 1. The minimum atomic E-state index is -0.0519. The smallest absolute Gasteiger partial charge is 0.251 e. The maximum absolute atomic E-state index is 11.8. The van der Waals surface area contributed by atoms with Crippen molar-refractivity contribution in [3.8, 4) is 5.75 Å². The average molecular weight is 354 g/mol. The van der Waals surface area contributed by atoms with E-state index in [1.54, 1.807) is 14.2 Å². The van der Waals surface area contributed by atoms with Crippen LogP contribution in [-0.2, 0) is 13.1 Å². The van der Waals surface area contributed by atoms with Gasteiger partial charge in [0.1, 0.15) is 5.75 Å². The number of methoxy groups -OCH3 is 1. The van der Waals surface area contributed by atoms with Gasteiger partial charge in [-0.1, -0.05) is 24.3 Å². The van der Waals surface area contributed by atoms with Crippen molar-refractivity contribution in [2.24, 2.45) is 4.99 Å². The van der Waals surface area contributed by atoms with Gasteiger partial charge >= 0.3 is 0 Å². The van der Waals surface area contributed by atoms with Gasteiger partial charge in [0.2, 0.25) is 0 Å². The molecule has 0 aliphatic carbocycles. The molecule has 26 heavy (non-hydrogen) atoms. The summed E-state index contributed by atoms with van der Waals surface area (Å²) < 4.78 is 5.16. The molecule has 138 valence electrons. The third kappa shape index (κ3) is 5.81. The quantitative estimate of drug-likeness (QED) is 0.527. The van der Waals surface area contributed by atoms with Gasteiger partial charge in [0.05, 0.1) is 7.11 Å². The maximum atomic E-state index is 11.8. The van der Waals surface area contributed by atoms with Crippen LogP contribution >= 0.6 is 0 Å². The van der Waals surface area contributed by atoms with E-state index in [4.69, 9.17) is 4.74 Å². The fourth-order valence-corrected chi connectivity index (χ4v) is 2.37. The number of benzene rings is 2. The molecule has 2 rings (SSSR count). The van der Waals surface area contributed by atoms with E-state index in [0.29, 0.717) is 31.2 Å². The topological polar surface area (TPSA) is 74.8 Å². The number of ether oxygens (including phenoxy) is 1. The van der Waals surface area contributed by atoms with Crippen molar-refractivity contribution in [3.05, 3.63) is 65.2 Å². The molecule has 0 bridgehead atoms. The van der Waals surface area contributed by atoms with E-state index < -0.39 is 0 Å². The highest BCUT2D eigenvalue weighted by Crippen LogP contribution is 2.11. The molecule has 2 aromatic rings. The number of hydrogen-bond donors (Lipinski definition) is 3. The molecule has 0 saturated heterocycles. The fourth-order valence-electron chi connectivity index (χ4n) is 2.37. The first-order chi connectivity index (χ1) is 12.7. The van der Waals surface area contributed by atoms with Gasteiger partial charge in [-0.05, 0) is 42.3 Å². The molecule has 0 radical (unpaired) electrons. The molecule has 0 fully saturated rings.